The number of rotatable bonds is 1. The first kappa shape index (κ1) is 11.4. The summed E-state index contributed by atoms with van der Waals surface area (Å²) >= 11 is 11.2. The van der Waals surface area contributed by atoms with E-state index in [4.69, 9.17) is 23.8 Å². The molecule has 1 N–H and O–H groups in total. The Morgan fingerprint density at radius 3 is 2.72 bits per heavy atom. The number of nitrogens with zero attached hydrogens (tertiary/aromatic N) is 2. The zero-order valence-electron chi connectivity index (χ0n) is 9.64. The Hall–Kier alpha value is -1.65. The highest BCUT2D eigenvalue weighted by molar-refractivity contribution is 7.71. The van der Waals surface area contributed by atoms with Gasteiger partial charge in [0.25, 0.3) is 0 Å². The predicted octanol–water partition coefficient (Wildman–Crippen LogP) is 4.02. The summed E-state index contributed by atoms with van der Waals surface area (Å²) in [6.07, 6.45) is 1.90. The summed E-state index contributed by atoms with van der Waals surface area (Å²) in [6, 6.07) is 9.54. The van der Waals surface area contributed by atoms with Gasteiger partial charge in [-0.05, 0) is 30.7 Å². The van der Waals surface area contributed by atoms with Crippen LogP contribution in [0.5, 0.6) is 0 Å². The van der Waals surface area contributed by atoms with E-state index >= 15 is 0 Å². The first-order valence-electron chi connectivity index (χ1n) is 5.49. The average molecular weight is 276 g/mol. The fraction of sp³-hybridized carbons (Fsp3) is 0.0769. The van der Waals surface area contributed by atoms with Crippen molar-refractivity contribution in [2.75, 3.05) is 0 Å². The molecule has 3 nitrogen and oxygen atoms in total. The molecule has 0 aliphatic rings. The number of halogens is 1. The van der Waals surface area contributed by atoms with Crippen molar-refractivity contribution in [3.05, 3.63) is 51.9 Å². The molecular formula is C13H10ClN3S. The van der Waals surface area contributed by atoms with E-state index in [0.29, 0.717) is 0 Å². The zero-order valence-corrected chi connectivity index (χ0v) is 11.2. The molecule has 1 aromatic carbocycles. The Balaban J connectivity index is 2.30. The molecule has 0 bridgehead atoms. The smallest absolute Gasteiger partial charge is 0.162 e. The summed E-state index contributed by atoms with van der Waals surface area (Å²) in [4.78, 5) is 4.53. The molecule has 90 valence electrons. The van der Waals surface area contributed by atoms with Crippen molar-refractivity contribution in [1.29, 1.82) is 0 Å². The molecule has 0 spiro atoms. The fourth-order valence-corrected chi connectivity index (χ4v) is 2.37. The molecule has 0 aliphatic heterocycles. The van der Waals surface area contributed by atoms with Crippen LogP contribution in [0.2, 0.25) is 5.02 Å². The van der Waals surface area contributed by atoms with Gasteiger partial charge in [-0.2, -0.15) is 0 Å². The number of hydrogen-bond acceptors (Lipinski definition) is 2. The summed E-state index contributed by atoms with van der Waals surface area (Å²) in [6.45, 7) is 1.94. The molecule has 18 heavy (non-hydrogen) atoms. The second-order valence-electron chi connectivity index (χ2n) is 4.09. The van der Waals surface area contributed by atoms with E-state index < -0.39 is 0 Å². The molecule has 0 aliphatic carbocycles. The van der Waals surface area contributed by atoms with Crippen LogP contribution >= 0.6 is 23.8 Å². The molecule has 3 aromatic rings. The molecule has 0 unspecified atom stereocenters. The predicted molar refractivity (Wildman–Crippen MR) is 75.6 cm³/mol. The quantitative estimate of drug-likeness (QED) is 0.681. The van der Waals surface area contributed by atoms with Gasteiger partial charge in [0.15, 0.2) is 5.65 Å². The minimum atomic E-state index is 0.720. The third kappa shape index (κ3) is 1.83. The minimum Gasteiger partial charge on any atom is -0.298 e. The molecule has 0 fully saturated rings. The van der Waals surface area contributed by atoms with E-state index in [0.717, 1.165) is 32.1 Å². The summed E-state index contributed by atoms with van der Waals surface area (Å²) in [7, 11) is 0. The van der Waals surface area contributed by atoms with Crippen molar-refractivity contribution >= 4 is 29.5 Å². The van der Waals surface area contributed by atoms with Crippen LogP contribution in [0.3, 0.4) is 0 Å². The van der Waals surface area contributed by atoms with Crippen LogP contribution in [-0.2, 0) is 0 Å². The number of benzene rings is 1. The second kappa shape index (κ2) is 4.23. The largest absolute Gasteiger partial charge is 0.298 e. The molecule has 3 rings (SSSR count). The highest BCUT2D eigenvalue weighted by Crippen LogP contribution is 2.25. The second-order valence-corrected chi connectivity index (χ2v) is 4.94. The van der Waals surface area contributed by atoms with Crippen molar-refractivity contribution in [3.8, 4) is 11.1 Å². The van der Waals surface area contributed by atoms with Crippen LogP contribution in [0.1, 0.15) is 5.69 Å². The van der Waals surface area contributed by atoms with Gasteiger partial charge in [0, 0.05) is 22.5 Å². The summed E-state index contributed by atoms with van der Waals surface area (Å²) in [5, 5.41) is 3.84. The van der Waals surface area contributed by atoms with Crippen molar-refractivity contribution in [1.82, 2.24) is 14.6 Å². The molecule has 5 heteroatoms. The maximum atomic E-state index is 5.90. The monoisotopic (exact) mass is 275 g/mol. The van der Waals surface area contributed by atoms with Crippen LogP contribution in [0.25, 0.3) is 16.8 Å². The molecule has 0 amide bonds. The molecule has 0 saturated heterocycles. The molecule has 2 aromatic heterocycles. The topological polar surface area (TPSA) is 33.1 Å². The van der Waals surface area contributed by atoms with Crippen molar-refractivity contribution < 1.29 is 0 Å². The van der Waals surface area contributed by atoms with E-state index in [-0.39, 0.29) is 0 Å². The number of hydrogen-bond donors (Lipinski definition) is 1. The van der Waals surface area contributed by atoms with Gasteiger partial charge in [-0.15, -0.1) is 0 Å². The third-order valence-electron chi connectivity index (χ3n) is 2.78. The molecular weight excluding hydrogens is 266 g/mol. The number of nitrogens with one attached hydrogen (secondary N) is 1. The van der Waals surface area contributed by atoms with Gasteiger partial charge in [0.2, 0.25) is 0 Å². The summed E-state index contributed by atoms with van der Waals surface area (Å²) < 4.78 is 2.52. The highest BCUT2D eigenvalue weighted by Gasteiger charge is 2.08. The third-order valence-corrected chi connectivity index (χ3v) is 3.33. The van der Waals surface area contributed by atoms with Crippen LogP contribution < -0.4 is 0 Å². The van der Waals surface area contributed by atoms with E-state index in [2.05, 4.69) is 10.1 Å². The molecule has 0 saturated carbocycles. The van der Waals surface area contributed by atoms with E-state index in [9.17, 15) is 0 Å². The SMILES string of the molecule is Cc1cc(=S)n2[nH]cc(-c3ccc(Cl)cc3)c2n1. The number of aromatic nitrogens is 3. The van der Waals surface area contributed by atoms with Crippen LogP contribution in [0.4, 0.5) is 0 Å². The lowest BCUT2D eigenvalue weighted by Crippen LogP contribution is -1.94. The van der Waals surface area contributed by atoms with Crippen molar-refractivity contribution in [3.63, 3.8) is 0 Å². The first-order valence-corrected chi connectivity index (χ1v) is 6.27. The minimum absolute atomic E-state index is 0.720. The zero-order chi connectivity index (χ0) is 12.7. The van der Waals surface area contributed by atoms with Crippen LogP contribution in [0.15, 0.2) is 36.5 Å². The lowest BCUT2D eigenvalue weighted by molar-refractivity contribution is 0.915. The van der Waals surface area contributed by atoms with Crippen LogP contribution in [0, 0.1) is 11.6 Å². The molecule has 0 radical (unpaired) electrons. The van der Waals surface area contributed by atoms with E-state index in [1.54, 1.807) is 4.52 Å². The fourth-order valence-electron chi connectivity index (χ4n) is 1.94. The highest BCUT2D eigenvalue weighted by atomic mass is 35.5. The van der Waals surface area contributed by atoms with Gasteiger partial charge in [0.05, 0.1) is 0 Å². The number of H-pyrrole nitrogens is 1. The summed E-state index contributed by atoms with van der Waals surface area (Å²) in [5.41, 5.74) is 3.82. The lowest BCUT2D eigenvalue weighted by Gasteiger charge is -2.00. The summed E-state index contributed by atoms with van der Waals surface area (Å²) in [5.74, 6) is 0. The molecule has 2 heterocycles. The Morgan fingerprint density at radius 1 is 1.28 bits per heavy atom. The lowest BCUT2D eigenvalue weighted by atomic mass is 10.1. The van der Waals surface area contributed by atoms with E-state index in [1.165, 1.54) is 0 Å². The van der Waals surface area contributed by atoms with Gasteiger partial charge in [-0.1, -0.05) is 36.0 Å². The number of aromatic amines is 1. The normalized spacial score (nSPS) is 11.0. The van der Waals surface area contributed by atoms with Crippen molar-refractivity contribution in [2.24, 2.45) is 0 Å². The standard InChI is InChI=1S/C13H10ClN3S/c1-8-6-12(18)17-13(16-8)11(7-15-17)9-2-4-10(14)5-3-9/h2-7,15H,1H3. The van der Waals surface area contributed by atoms with Crippen LogP contribution in [-0.4, -0.2) is 14.6 Å². The Labute approximate surface area is 114 Å². The Kier molecular flexibility index (Phi) is 2.69. The Morgan fingerprint density at radius 2 is 2.00 bits per heavy atom. The van der Waals surface area contributed by atoms with Gasteiger partial charge < -0.3 is 0 Å². The Bertz CT molecular complexity index is 771. The average Bonchev–Trinajstić information content (AvgIpc) is 2.74. The van der Waals surface area contributed by atoms with Gasteiger partial charge in [-0.3, -0.25) is 5.10 Å². The van der Waals surface area contributed by atoms with Gasteiger partial charge in [0.1, 0.15) is 4.64 Å². The number of fused-ring (bicyclic) bond motifs is 1. The van der Waals surface area contributed by atoms with Crippen molar-refractivity contribution in [2.45, 2.75) is 6.92 Å². The van der Waals surface area contributed by atoms with Gasteiger partial charge >= 0.3 is 0 Å². The maximum absolute atomic E-state index is 5.90. The van der Waals surface area contributed by atoms with Gasteiger partial charge in [-0.25, -0.2) is 9.50 Å². The maximum Gasteiger partial charge on any atom is 0.162 e. The molecule has 0 atom stereocenters. The first-order chi connectivity index (χ1) is 8.65. The van der Waals surface area contributed by atoms with E-state index in [1.807, 2.05) is 43.5 Å². The number of aryl methyl sites for hydroxylation is 1.